The number of thioether (sulfide) groups is 1. The highest BCUT2D eigenvalue weighted by Gasteiger charge is 2.22. The maximum absolute atomic E-state index is 12.3. The van der Waals surface area contributed by atoms with Crippen molar-refractivity contribution in [2.24, 2.45) is 0 Å². The van der Waals surface area contributed by atoms with Crippen molar-refractivity contribution in [1.82, 2.24) is 0 Å². The van der Waals surface area contributed by atoms with E-state index in [1.54, 1.807) is 5.41 Å². The van der Waals surface area contributed by atoms with Crippen molar-refractivity contribution in [2.75, 3.05) is 4.90 Å². The fourth-order valence-electron chi connectivity index (χ4n) is 4.33. The first kappa shape index (κ1) is 25.3. The van der Waals surface area contributed by atoms with Crippen molar-refractivity contribution >= 4 is 23.4 Å². The number of hydrogen-bond donors (Lipinski definition) is 1. The van der Waals surface area contributed by atoms with Crippen molar-refractivity contribution < 1.29 is 9.90 Å². The maximum Gasteiger partial charge on any atom is 0.332 e. The molecule has 4 aromatic carbocycles. The number of carbonyl (C=O) groups is 1. The van der Waals surface area contributed by atoms with Crippen molar-refractivity contribution in [1.29, 1.82) is 0 Å². The molecule has 0 spiro atoms. The van der Waals surface area contributed by atoms with Crippen LogP contribution in [0, 0.1) is 0 Å². The predicted octanol–water partition coefficient (Wildman–Crippen LogP) is 8.15. The van der Waals surface area contributed by atoms with Crippen LogP contribution in [-0.2, 0) is 17.9 Å². The molecule has 4 aromatic rings. The van der Waals surface area contributed by atoms with Crippen molar-refractivity contribution in [3.05, 3.63) is 143 Å². The summed E-state index contributed by atoms with van der Waals surface area (Å²) in [7, 11) is 0. The molecule has 0 amide bonds. The smallest absolute Gasteiger partial charge is 0.332 e. The second kappa shape index (κ2) is 12.8. The molecule has 0 heterocycles. The monoisotopic (exact) mass is 493 g/mol. The average molecular weight is 494 g/mol. The molecule has 0 radical (unpaired) electrons. The van der Waals surface area contributed by atoms with E-state index < -0.39 is 5.97 Å². The number of carboxylic acids is 1. The van der Waals surface area contributed by atoms with E-state index in [0.717, 1.165) is 29.2 Å². The SMILES string of the molecule is CC[C@H](/C(=C\Sc1ccccc1)C(=O)O)c1cccc(N(Cc2ccccc2)Cc2ccccc2)c1. The van der Waals surface area contributed by atoms with Gasteiger partial charge in [0.15, 0.2) is 0 Å². The molecule has 0 aromatic heterocycles. The lowest BCUT2D eigenvalue weighted by molar-refractivity contribution is -0.133. The topological polar surface area (TPSA) is 40.5 Å². The zero-order chi connectivity index (χ0) is 25.2. The van der Waals surface area contributed by atoms with Crippen molar-refractivity contribution in [3.63, 3.8) is 0 Å². The van der Waals surface area contributed by atoms with Crippen LogP contribution in [0.3, 0.4) is 0 Å². The number of nitrogens with zero attached hydrogens (tertiary/aromatic N) is 1. The van der Waals surface area contributed by atoms with Gasteiger partial charge in [-0.3, -0.25) is 0 Å². The molecule has 4 rings (SSSR count). The first-order valence-electron chi connectivity index (χ1n) is 12.2. The van der Waals surface area contributed by atoms with Gasteiger partial charge in [-0.1, -0.05) is 110 Å². The fraction of sp³-hybridized carbons (Fsp3) is 0.156. The summed E-state index contributed by atoms with van der Waals surface area (Å²) in [6.07, 6.45) is 0.703. The van der Waals surface area contributed by atoms with Gasteiger partial charge in [0, 0.05) is 29.6 Å². The summed E-state index contributed by atoms with van der Waals surface area (Å²) in [5.74, 6) is -1.07. The highest BCUT2D eigenvalue weighted by Crippen LogP contribution is 2.34. The Hall–Kier alpha value is -3.76. The molecule has 4 heteroatoms. The summed E-state index contributed by atoms with van der Waals surface area (Å²) in [5.41, 5.74) is 4.98. The lowest BCUT2D eigenvalue weighted by atomic mass is 9.89. The van der Waals surface area contributed by atoms with Crippen LogP contribution in [0.25, 0.3) is 0 Å². The lowest BCUT2D eigenvalue weighted by Gasteiger charge is -2.27. The summed E-state index contributed by atoms with van der Waals surface area (Å²) in [5, 5.41) is 11.9. The number of anilines is 1. The van der Waals surface area contributed by atoms with Gasteiger partial charge in [-0.15, -0.1) is 0 Å². The average Bonchev–Trinajstić information content (AvgIpc) is 2.92. The molecule has 0 aliphatic rings. The molecule has 0 saturated carbocycles. The molecule has 3 nitrogen and oxygen atoms in total. The Morgan fingerprint density at radius 3 is 1.89 bits per heavy atom. The second-order valence-electron chi connectivity index (χ2n) is 8.69. The Morgan fingerprint density at radius 1 is 0.806 bits per heavy atom. The Morgan fingerprint density at radius 2 is 1.36 bits per heavy atom. The Bertz CT molecular complexity index is 1230. The zero-order valence-corrected chi connectivity index (χ0v) is 21.3. The second-order valence-corrected chi connectivity index (χ2v) is 9.64. The third-order valence-corrected chi connectivity index (χ3v) is 7.08. The van der Waals surface area contributed by atoms with Crippen LogP contribution in [0.2, 0.25) is 0 Å². The number of hydrogen-bond acceptors (Lipinski definition) is 3. The molecule has 0 fully saturated rings. The molecule has 0 aliphatic carbocycles. The quantitative estimate of drug-likeness (QED) is 0.169. The molecular formula is C32H31NO2S. The largest absolute Gasteiger partial charge is 0.478 e. The third kappa shape index (κ3) is 6.89. The number of carboxylic acid groups (broad SMARTS) is 1. The summed E-state index contributed by atoms with van der Waals surface area (Å²) in [6, 6.07) is 39.1. The maximum atomic E-state index is 12.3. The zero-order valence-electron chi connectivity index (χ0n) is 20.5. The van der Waals surface area contributed by atoms with Gasteiger partial charge >= 0.3 is 5.97 Å². The van der Waals surface area contributed by atoms with Gasteiger partial charge in [-0.05, 0) is 52.8 Å². The third-order valence-electron chi connectivity index (χ3n) is 6.17. The summed E-state index contributed by atoms with van der Waals surface area (Å²) in [6.45, 7) is 3.58. The molecular weight excluding hydrogens is 462 g/mol. The molecule has 0 bridgehead atoms. The molecule has 0 unspecified atom stereocenters. The standard InChI is InChI=1S/C32H31NO2S/c1-2-30(31(32(34)35)24-36-29-19-10-5-11-20-29)27-17-12-18-28(21-27)33(22-25-13-6-3-7-14-25)23-26-15-8-4-9-16-26/h3-21,24,30H,2,22-23H2,1H3,(H,34,35)/b31-24+/t30-/m0/s1. The van der Waals surface area contributed by atoms with Crippen LogP contribution in [0.4, 0.5) is 5.69 Å². The van der Waals surface area contributed by atoms with Crippen LogP contribution in [0.15, 0.2) is 131 Å². The number of benzene rings is 4. The van der Waals surface area contributed by atoms with E-state index in [2.05, 4.69) is 65.6 Å². The van der Waals surface area contributed by atoms with Gasteiger partial charge in [0.25, 0.3) is 0 Å². The van der Waals surface area contributed by atoms with Crippen LogP contribution in [-0.4, -0.2) is 11.1 Å². The fourth-order valence-corrected chi connectivity index (χ4v) is 5.17. The van der Waals surface area contributed by atoms with Gasteiger partial charge in [-0.2, -0.15) is 0 Å². The first-order valence-corrected chi connectivity index (χ1v) is 13.1. The van der Waals surface area contributed by atoms with Crippen molar-refractivity contribution in [3.8, 4) is 0 Å². The van der Waals surface area contributed by atoms with Crippen LogP contribution in [0.1, 0.15) is 36.0 Å². The van der Waals surface area contributed by atoms with Gasteiger partial charge in [0.1, 0.15) is 0 Å². The van der Waals surface area contributed by atoms with E-state index >= 15 is 0 Å². The molecule has 1 N–H and O–H groups in total. The Labute approximate surface area is 218 Å². The van der Waals surface area contributed by atoms with Crippen LogP contribution >= 0.6 is 11.8 Å². The van der Waals surface area contributed by atoms with E-state index in [1.165, 1.54) is 22.9 Å². The number of rotatable bonds is 11. The van der Waals surface area contributed by atoms with Crippen LogP contribution in [0.5, 0.6) is 0 Å². The van der Waals surface area contributed by atoms with Gasteiger partial charge in [0.2, 0.25) is 0 Å². The van der Waals surface area contributed by atoms with E-state index in [4.69, 9.17) is 0 Å². The summed E-state index contributed by atoms with van der Waals surface area (Å²) < 4.78 is 0. The van der Waals surface area contributed by atoms with E-state index in [9.17, 15) is 9.90 Å². The normalized spacial score (nSPS) is 12.2. The first-order chi connectivity index (χ1) is 17.6. The van der Waals surface area contributed by atoms with Gasteiger partial charge in [0.05, 0.1) is 5.57 Å². The predicted molar refractivity (Wildman–Crippen MR) is 150 cm³/mol. The summed E-state index contributed by atoms with van der Waals surface area (Å²) in [4.78, 5) is 15.7. The Kier molecular flexibility index (Phi) is 9.01. The molecule has 0 saturated heterocycles. The van der Waals surface area contributed by atoms with Crippen molar-refractivity contribution in [2.45, 2.75) is 37.2 Å². The highest BCUT2D eigenvalue weighted by molar-refractivity contribution is 8.02. The molecule has 0 aliphatic heterocycles. The minimum atomic E-state index is -0.874. The molecule has 182 valence electrons. The van der Waals surface area contributed by atoms with E-state index in [0.29, 0.717) is 12.0 Å². The van der Waals surface area contributed by atoms with E-state index in [1.807, 2.05) is 61.5 Å². The van der Waals surface area contributed by atoms with E-state index in [-0.39, 0.29) is 5.92 Å². The highest BCUT2D eigenvalue weighted by atomic mass is 32.2. The number of aliphatic carboxylic acids is 1. The molecule has 36 heavy (non-hydrogen) atoms. The summed E-state index contributed by atoms with van der Waals surface area (Å²) >= 11 is 1.46. The van der Waals surface area contributed by atoms with Crippen LogP contribution < -0.4 is 4.90 Å². The Balaban J connectivity index is 1.65. The molecule has 1 atom stereocenters. The minimum absolute atomic E-state index is 0.200. The van der Waals surface area contributed by atoms with Gasteiger partial charge in [-0.25, -0.2) is 4.79 Å². The van der Waals surface area contributed by atoms with Gasteiger partial charge < -0.3 is 10.0 Å². The minimum Gasteiger partial charge on any atom is -0.478 e. The lowest BCUT2D eigenvalue weighted by Crippen LogP contribution is -2.22.